The number of ether oxygens (including phenoxy) is 1. The minimum atomic E-state index is 0.578. The molecule has 1 unspecified atom stereocenters. The molecule has 1 aromatic rings. The molecule has 2 nitrogen and oxygen atoms in total. The smallest absolute Gasteiger partial charge is 0.118 e. The molecule has 0 bridgehead atoms. The highest BCUT2D eigenvalue weighted by atomic mass is 16.5. The molecule has 0 radical (unpaired) electrons. The summed E-state index contributed by atoms with van der Waals surface area (Å²) >= 11 is 0. The lowest BCUT2D eigenvalue weighted by Gasteiger charge is -2.25. The topological polar surface area (TPSA) is 21.3 Å². The maximum Gasteiger partial charge on any atom is 0.118 e. The Morgan fingerprint density at radius 1 is 1.15 bits per heavy atom. The highest BCUT2D eigenvalue weighted by Crippen LogP contribution is 2.33. The van der Waals surface area contributed by atoms with E-state index in [4.69, 9.17) is 4.74 Å². The summed E-state index contributed by atoms with van der Waals surface area (Å²) in [5, 5.41) is 3.64. The predicted molar refractivity (Wildman–Crippen MR) is 85.3 cm³/mol. The summed E-state index contributed by atoms with van der Waals surface area (Å²) in [6, 6.07) is 9.18. The van der Waals surface area contributed by atoms with Crippen molar-refractivity contribution in [2.75, 3.05) is 13.7 Å². The van der Waals surface area contributed by atoms with Gasteiger partial charge in [-0.3, -0.25) is 0 Å². The molecule has 1 aliphatic rings. The van der Waals surface area contributed by atoms with Crippen LogP contribution >= 0.6 is 0 Å². The normalized spacial score (nSPS) is 17.6. The van der Waals surface area contributed by atoms with Gasteiger partial charge in [-0.1, -0.05) is 51.7 Å². The number of hydrogen-bond acceptors (Lipinski definition) is 2. The second-order valence-electron chi connectivity index (χ2n) is 6.42. The maximum absolute atomic E-state index is 5.24. The lowest BCUT2D eigenvalue weighted by molar-refractivity contribution is 0.312. The number of benzene rings is 1. The molecule has 1 aliphatic carbocycles. The molecular formula is C18H29NO. The molecule has 1 atom stereocenters. The van der Waals surface area contributed by atoms with Gasteiger partial charge < -0.3 is 10.1 Å². The van der Waals surface area contributed by atoms with Gasteiger partial charge in [0, 0.05) is 6.04 Å². The van der Waals surface area contributed by atoms with Crippen molar-refractivity contribution < 1.29 is 4.74 Å². The van der Waals surface area contributed by atoms with Gasteiger partial charge in [-0.15, -0.1) is 0 Å². The second-order valence-corrected chi connectivity index (χ2v) is 6.42. The van der Waals surface area contributed by atoms with Crippen molar-refractivity contribution in [3.63, 3.8) is 0 Å². The summed E-state index contributed by atoms with van der Waals surface area (Å²) in [5.41, 5.74) is 1.44. The van der Waals surface area contributed by atoms with Crippen molar-refractivity contribution in [2.24, 2.45) is 11.8 Å². The Bertz CT molecular complexity index is 379. The van der Waals surface area contributed by atoms with Gasteiger partial charge in [0.2, 0.25) is 0 Å². The molecule has 0 heterocycles. The standard InChI is InChI=1S/C18H29NO/c1-14(2)19-13-17(16-6-4-5-7-16)12-15-8-10-18(20-3)11-9-15/h8-11,14,16-17,19H,4-7,12-13H2,1-3H3. The van der Waals surface area contributed by atoms with E-state index >= 15 is 0 Å². The molecular weight excluding hydrogens is 246 g/mol. The first-order valence-electron chi connectivity index (χ1n) is 8.05. The third kappa shape index (κ3) is 4.52. The van der Waals surface area contributed by atoms with Crippen LogP contribution in [0.25, 0.3) is 0 Å². The van der Waals surface area contributed by atoms with Crippen LogP contribution in [0.5, 0.6) is 5.75 Å². The van der Waals surface area contributed by atoms with Crippen LogP contribution in [-0.4, -0.2) is 19.7 Å². The molecule has 2 rings (SSSR count). The van der Waals surface area contributed by atoms with Crippen molar-refractivity contribution >= 4 is 0 Å². The van der Waals surface area contributed by atoms with Crippen LogP contribution in [0.1, 0.15) is 45.1 Å². The molecule has 1 saturated carbocycles. The molecule has 1 N–H and O–H groups in total. The first kappa shape index (κ1) is 15.4. The fourth-order valence-corrected chi connectivity index (χ4v) is 3.29. The summed E-state index contributed by atoms with van der Waals surface area (Å²) < 4.78 is 5.24. The third-order valence-corrected chi connectivity index (χ3v) is 4.51. The van der Waals surface area contributed by atoms with Gasteiger partial charge in [-0.25, -0.2) is 0 Å². The van der Waals surface area contributed by atoms with Crippen LogP contribution in [0, 0.1) is 11.8 Å². The third-order valence-electron chi connectivity index (χ3n) is 4.51. The van der Waals surface area contributed by atoms with Crippen LogP contribution in [0.2, 0.25) is 0 Å². The highest BCUT2D eigenvalue weighted by molar-refractivity contribution is 5.27. The average Bonchev–Trinajstić information content (AvgIpc) is 2.98. The summed E-state index contributed by atoms with van der Waals surface area (Å²) in [7, 11) is 1.73. The van der Waals surface area contributed by atoms with Crippen molar-refractivity contribution in [1.29, 1.82) is 0 Å². The van der Waals surface area contributed by atoms with Gasteiger partial charge in [0.25, 0.3) is 0 Å². The Kier molecular flexibility index (Phi) is 5.90. The average molecular weight is 275 g/mol. The van der Waals surface area contributed by atoms with Crippen molar-refractivity contribution in [3.8, 4) is 5.75 Å². The van der Waals surface area contributed by atoms with E-state index in [0.717, 1.165) is 24.1 Å². The van der Waals surface area contributed by atoms with Gasteiger partial charge in [-0.2, -0.15) is 0 Å². The molecule has 112 valence electrons. The van der Waals surface area contributed by atoms with Gasteiger partial charge in [-0.05, 0) is 42.5 Å². The van der Waals surface area contributed by atoms with E-state index in [1.165, 1.54) is 37.7 Å². The summed E-state index contributed by atoms with van der Waals surface area (Å²) in [4.78, 5) is 0. The molecule has 0 aliphatic heterocycles. The largest absolute Gasteiger partial charge is 0.497 e. The molecule has 20 heavy (non-hydrogen) atoms. The Hall–Kier alpha value is -1.02. The highest BCUT2D eigenvalue weighted by Gasteiger charge is 2.25. The van der Waals surface area contributed by atoms with Gasteiger partial charge in [0.05, 0.1) is 7.11 Å². The number of rotatable bonds is 7. The predicted octanol–water partition coefficient (Wildman–Crippen LogP) is 4.04. The molecule has 1 fully saturated rings. The SMILES string of the molecule is COc1ccc(CC(CNC(C)C)C2CCCC2)cc1. The van der Waals surface area contributed by atoms with Crippen molar-refractivity contribution in [2.45, 2.75) is 52.0 Å². The van der Waals surface area contributed by atoms with E-state index < -0.39 is 0 Å². The van der Waals surface area contributed by atoms with E-state index in [9.17, 15) is 0 Å². The fraction of sp³-hybridized carbons (Fsp3) is 0.667. The monoisotopic (exact) mass is 275 g/mol. The first-order valence-corrected chi connectivity index (χ1v) is 8.05. The molecule has 0 spiro atoms. The van der Waals surface area contributed by atoms with Crippen LogP contribution in [0.3, 0.4) is 0 Å². The van der Waals surface area contributed by atoms with E-state index in [1.807, 2.05) is 0 Å². The molecule has 1 aromatic carbocycles. The van der Waals surface area contributed by atoms with E-state index in [-0.39, 0.29) is 0 Å². The molecule has 0 aromatic heterocycles. The minimum absolute atomic E-state index is 0.578. The van der Waals surface area contributed by atoms with E-state index in [2.05, 4.69) is 43.4 Å². The molecule has 2 heteroatoms. The maximum atomic E-state index is 5.24. The Morgan fingerprint density at radius 2 is 1.80 bits per heavy atom. The Balaban J connectivity index is 1.97. The zero-order valence-electron chi connectivity index (χ0n) is 13.2. The quantitative estimate of drug-likeness (QED) is 0.811. The minimum Gasteiger partial charge on any atom is -0.497 e. The lowest BCUT2D eigenvalue weighted by Crippen LogP contribution is -2.33. The Morgan fingerprint density at radius 3 is 2.35 bits per heavy atom. The van der Waals surface area contributed by atoms with E-state index in [1.54, 1.807) is 7.11 Å². The number of nitrogens with one attached hydrogen (secondary N) is 1. The van der Waals surface area contributed by atoms with Gasteiger partial charge in [0.15, 0.2) is 0 Å². The van der Waals surface area contributed by atoms with Crippen LogP contribution in [-0.2, 0) is 6.42 Å². The lowest BCUT2D eigenvalue weighted by atomic mass is 9.85. The molecule has 0 amide bonds. The number of methoxy groups -OCH3 is 1. The van der Waals surface area contributed by atoms with Gasteiger partial charge >= 0.3 is 0 Å². The van der Waals surface area contributed by atoms with Crippen molar-refractivity contribution in [3.05, 3.63) is 29.8 Å². The van der Waals surface area contributed by atoms with Gasteiger partial charge in [0.1, 0.15) is 5.75 Å². The summed E-state index contributed by atoms with van der Waals surface area (Å²) in [5.74, 6) is 2.63. The molecule has 0 saturated heterocycles. The first-order chi connectivity index (χ1) is 9.69. The zero-order valence-corrected chi connectivity index (χ0v) is 13.2. The zero-order chi connectivity index (χ0) is 14.4. The second kappa shape index (κ2) is 7.68. The summed E-state index contributed by atoms with van der Waals surface area (Å²) in [6.45, 7) is 5.62. The number of hydrogen-bond donors (Lipinski definition) is 1. The van der Waals surface area contributed by atoms with Crippen LogP contribution in [0.15, 0.2) is 24.3 Å². The Labute approximate surface area is 123 Å². The summed E-state index contributed by atoms with van der Waals surface area (Å²) in [6.07, 6.45) is 6.87. The fourth-order valence-electron chi connectivity index (χ4n) is 3.29. The van der Waals surface area contributed by atoms with Crippen LogP contribution < -0.4 is 10.1 Å². The van der Waals surface area contributed by atoms with Crippen molar-refractivity contribution in [1.82, 2.24) is 5.32 Å². The van der Waals surface area contributed by atoms with Crippen LogP contribution in [0.4, 0.5) is 0 Å². The van der Waals surface area contributed by atoms with E-state index in [0.29, 0.717) is 6.04 Å².